The second-order valence-electron chi connectivity index (χ2n) is 11.0. The van der Waals surface area contributed by atoms with E-state index in [1.54, 1.807) is 6.07 Å². The van der Waals surface area contributed by atoms with Gasteiger partial charge in [0.25, 0.3) is 0 Å². The molecule has 0 saturated carbocycles. The molecule has 3 N–H and O–H groups in total. The van der Waals surface area contributed by atoms with Crippen LogP contribution in [0.25, 0.3) is 44.5 Å². The van der Waals surface area contributed by atoms with Gasteiger partial charge in [0, 0.05) is 0 Å². The van der Waals surface area contributed by atoms with Crippen molar-refractivity contribution in [2.75, 3.05) is 0 Å². The summed E-state index contributed by atoms with van der Waals surface area (Å²) >= 11 is 0. The molecule has 0 spiro atoms. The molecule has 0 heterocycles. The van der Waals surface area contributed by atoms with Gasteiger partial charge in [0.2, 0.25) is 0 Å². The number of benzene rings is 5. The first-order valence-corrected chi connectivity index (χ1v) is 13.3. The molecule has 6 rings (SSSR count). The Labute approximate surface area is 229 Å². The molecule has 0 aromatic heterocycles. The first kappa shape index (κ1) is 24.8. The van der Waals surface area contributed by atoms with Crippen molar-refractivity contribution >= 4 is 0 Å². The Morgan fingerprint density at radius 3 is 1.67 bits per heavy atom. The Kier molecular flexibility index (Phi) is 5.76. The largest absolute Gasteiger partial charge is 0.508 e. The summed E-state index contributed by atoms with van der Waals surface area (Å²) in [4.78, 5) is 0. The molecular formula is C36H32O3. The van der Waals surface area contributed by atoms with Crippen LogP contribution in [0.4, 0.5) is 0 Å². The van der Waals surface area contributed by atoms with Crippen molar-refractivity contribution in [3.63, 3.8) is 0 Å². The number of phenolic OH excluding ortho intramolecular Hbond substituents is 3. The molecule has 1 aliphatic carbocycles. The van der Waals surface area contributed by atoms with Crippen LogP contribution in [0.1, 0.15) is 38.9 Å². The summed E-state index contributed by atoms with van der Waals surface area (Å²) in [7, 11) is 0. The maximum absolute atomic E-state index is 10.6. The lowest BCUT2D eigenvalue weighted by molar-refractivity contribution is 0.466. The summed E-state index contributed by atoms with van der Waals surface area (Å²) in [6, 6.07) is 25.0. The predicted octanol–water partition coefficient (Wildman–Crippen LogP) is 8.92. The van der Waals surface area contributed by atoms with Crippen LogP contribution in [-0.4, -0.2) is 15.3 Å². The summed E-state index contributed by atoms with van der Waals surface area (Å²) in [6.07, 6.45) is 0.817. The fraction of sp³-hybridized carbons (Fsp3) is 0.167. The van der Waals surface area contributed by atoms with Crippen LogP contribution in [0.3, 0.4) is 0 Å². The lowest BCUT2D eigenvalue weighted by Gasteiger charge is -2.23. The van der Waals surface area contributed by atoms with Crippen molar-refractivity contribution < 1.29 is 15.3 Å². The van der Waals surface area contributed by atoms with Gasteiger partial charge in [-0.1, -0.05) is 30.3 Å². The topological polar surface area (TPSA) is 60.7 Å². The SMILES string of the molecule is Cc1cc(-c2c3c(cc(-c4cc(C)c(O)c(C)c4)c2-c2cc(C)c(O)c(C)c2)-c2ccccc2C3)ccc1O. The highest BCUT2D eigenvalue weighted by Crippen LogP contribution is 2.51. The van der Waals surface area contributed by atoms with Crippen LogP contribution in [0, 0.1) is 34.6 Å². The zero-order valence-electron chi connectivity index (χ0n) is 23.0. The fourth-order valence-electron chi connectivity index (χ4n) is 6.14. The van der Waals surface area contributed by atoms with E-state index in [0.29, 0.717) is 11.5 Å². The number of fused-ring (bicyclic) bond motifs is 3. The standard InChI is InChI=1S/C36H32O3/c1-19-12-25(10-11-32(19)37)33-31-17-24-8-6-7-9-28(24)30(31)18-29(26-13-20(2)35(38)21(3)14-26)34(33)27-15-22(4)36(39)23(5)16-27/h6-16,18,37-39H,17H2,1-5H3. The van der Waals surface area contributed by atoms with Gasteiger partial charge in [-0.15, -0.1) is 0 Å². The van der Waals surface area contributed by atoms with E-state index in [0.717, 1.165) is 67.6 Å². The van der Waals surface area contributed by atoms with Crippen LogP contribution in [0.2, 0.25) is 0 Å². The average Bonchev–Trinajstić information content (AvgIpc) is 3.28. The van der Waals surface area contributed by atoms with Crippen LogP contribution >= 0.6 is 0 Å². The van der Waals surface area contributed by atoms with Gasteiger partial charge in [-0.3, -0.25) is 0 Å². The molecule has 5 aromatic carbocycles. The minimum atomic E-state index is 0.275. The highest BCUT2D eigenvalue weighted by Gasteiger charge is 2.28. The van der Waals surface area contributed by atoms with Crippen LogP contribution in [0.15, 0.2) is 72.8 Å². The van der Waals surface area contributed by atoms with Gasteiger partial charge >= 0.3 is 0 Å². The maximum atomic E-state index is 10.6. The van der Waals surface area contributed by atoms with Crippen molar-refractivity contribution in [1.82, 2.24) is 0 Å². The molecule has 0 saturated heterocycles. The number of hydrogen-bond acceptors (Lipinski definition) is 3. The van der Waals surface area contributed by atoms with E-state index in [9.17, 15) is 15.3 Å². The Balaban J connectivity index is 1.81. The number of aryl methyl sites for hydroxylation is 5. The third-order valence-electron chi connectivity index (χ3n) is 8.18. The van der Waals surface area contributed by atoms with E-state index in [-0.39, 0.29) is 5.75 Å². The summed E-state index contributed by atoms with van der Waals surface area (Å²) < 4.78 is 0. The normalized spacial score (nSPS) is 11.9. The molecule has 194 valence electrons. The smallest absolute Gasteiger partial charge is 0.121 e. The molecule has 5 aromatic rings. The highest BCUT2D eigenvalue weighted by molar-refractivity contribution is 6.02. The molecule has 0 atom stereocenters. The monoisotopic (exact) mass is 512 g/mol. The van der Waals surface area contributed by atoms with Gasteiger partial charge in [0.05, 0.1) is 0 Å². The van der Waals surface area contributed by atoms with Crippen molar-refractivity contribution in [2.45, 2.75) is 41.0 Å². The number of hydrogen-bond donors (Lipinski definition) is 3. The minimum absolute atomic E-state index is 0.275. The Morgan fingerprint density at radius 1 is 0.487 bits per heavy atom. The lowest BCUT2D eigenvalue weighted by Crippen LogP contribution is -1.99. The highest BCUT2D eigenvalue weighted by atomic mass is 16.3. The fourth-order valence-corrected chi connectivity index (χ4v) is 6.14. The van der Waals surface area contributed by atoms with Crippen molar-refractivity contribution in [1.29, 1.82) is 0 Å². The zero-order valence-corrected chi connectivity index (χ0v) is 23.0. The molecule has 0 aliphatic heterocycles. The van der Waals surface area contributed by atoms with Gasteiger partial charge in [-0.25, -0.2) is 0 Å². The second kappa shape index (κ2) is 9.06. The lowest BCUT2D eigenvalue weighted by atomic mass is 9.81. The van der Waals surface area contributed by atoms with E-state index in [2.05, 4.69) is 60.7 Å². The van der Waals surface area contributed by atoms with E-state index < -0.39 is 0 Å². The van der Waals surface area contributed by atoms with E-state index in [1.165, 1.54) is 22.3 Å². The minimum Gasteiger partial charge on any atom is -0.508 e. The summed E-state index contributed by atoms with van der Waals surface area (Å²) in [6.45, 7) is 9.68. The molecule has 0 bridgehead atoms. The first-order chi connectivity index (χ1) is 18.6. The van der Waals surface area contributed by atoms with Gasteiger partial charge in [-0.05, 0) is 167 Å². The maximum Gasteiger partial charge on any atom is 0.121 e. The van der Waals surface area contributed by atoms with Gasteiger partial charge < -0.3 is 15.3 Å². The number of aromatic hydroxyl groups is 3. The van der Waals surface area contributed by atoms with E-state index in [4.69, 9.17) is 0 Å². The molecule has 3 heteroatoms. The molecule has 1 aliphatic rings. The Hall–Kier alpha value is -4.50. The van der Waals surface area contributed by atoms with E-state index in [1.807, 2.05) is 40.7 Å². The molecule has 0 amide bonds. The molecule has 3 nitrogen and oxygen atoms in total. The summed E-state index contributed by atoms with van der Waals surface area (Å²) in [5, 5.41) is 31.6. The van der Waals surface area contributed by atoms with Crippen LogP contribution in [0.5, 0.6) is 17.2 Å². The molecule has 0 radical (unpaired) electrons. The summed E-state index contributed by atoms with van der Waals surface area (Å²) in [5.41, 5.74) is 15.5. The first-order valence-electron chi connectivity index (χ1n) is 13.3. The number of rotatable bonds is 3. The molecule has 0 fully saturated rings. The van der Waals surface area contributed by atoms with Crippen LogP contribution < -0.4 is 0 Å². The zero-order chi connectivity index (χ0) is 27.6. The average molecular weight is 513 g/mol. The summed E-state index contributed by atoms with van der Waals surface area (Å²) in [5.74, 6) is 0.905. The number of phenols is 3. The van der Waals surface area contributed by atoms with Crippen LogP contribution in [-0.2, 0) is 6.42 Å². The van der Waals surface area contributed by atoms with Crippen molar-refractivity contribution in [3.05, 3.63) is 112 Å². The van der Waals surface area contributed by atoms with E-state index >= 15 is 0 Å². The second-order valence-corrected chi connectivity index (χ2v) is 11.0. The Morgan fingerprint density at radius 2 is 1.05 bits per heavy atom. The third-order valence-corrected chi connectivity index (χ3v) is 8.18. The molecular weight excluding hydrogens is 480 g/mol. The quantitative estimate of drug-likeness (QED) is 0.222. The van der Waals surface area contributed by atoms with Crippen molar-refractivity contribution in [2.24, 2.45) is 0 Å². The molecule has 39 heavy (non-hydrogen) atoms. The van der Waals surface area contributed by atoms with Gasteiger partial charge in [0.15, 0.2) is 0 Å². The van der Waals surface area contributed by atoms with Crippen molar-refractivity contribution in [3.8, 4) is 61.8 Å². The molecule has 0 unspecified atom stereocenters. The predicted molar refractivity (Wildman–Crippen MR) is 160 cm³/mol. The third kappa shape index (κ3) is 3.97. The Bertz CT molecular complexity index is 1760. The van der Waals surface area contributed by atoms with Gasteiger partial charge in [0.1, 0.15) is 17.2 Å². The van der Waals surface area contributed by atoms with Gasteiger partial charge in [-0.2, -0.15) is 0 Å².